The first-order valence-corrected chi connectivity index (χ1v) is 16.0. The number of rotatable bonds is 13. The second-order valence-corrected chi connectivity index (χ2v) is 13.0. The number of benzene rings is 2. The molecule has 0 radical (unpaired) electrons. The number of para-hydroxylation sites is 2. The SMILES string of the molecule is CC(C)(CNCCCc1cn(CC2COc3ccccc3O2)nn1)CNc1nn2c(-c3ccccc3)nnc2cc1C1CCC1. The first kappa shape index (κ1) is 29.2. The van der Waals surface area contributed by atoms with Crippen LogP contribution in [-0.2, 0) is 13.0 Å². The highest BCUT2D eigenvalue weighted by molar-refractivity contribution is 5.61. The van der Waals surface area contributed by atoms with Crippen molar-refractivity contribution in [3.8, 4) is 22.9 Å². The van der Waals surface area contributed by atoms with E-state index in [1.807, 2.05) is 70.0 Å². The third-order valence-corrected chi connectivity index (χ3v) is 8.67. The van der Waals surface area contributed by atoms with Gasteiger partial charge in [0, 0.05) is 30.4 Å². The summed E-state index contributed by atoms with van der Waals surface area (Å²) in [6.07, 6.45) is 7.44. The molecule has 0 spiro atoms. The molecule has 0 saturated heterocycles. The van der Waals surface area contributed by atoms with E-state index in [0.29, 0.717) is 19.1 Å². The van der Waals surface area contributed by atoms with E-state index in [0.717, 1.165) is 72.5 Å². The van der Waals surface area contributed by atoms with Gasteiger partial charge in [-0.3, -0.25) is 0 Å². The molecule has 2 aromatic carbocycles. The fourth-order valence-electron chi connectivity index (χ4n) is 5.89. The molecule has 1 saturated carbocycles. The number of nitrogens with one attached hydrogen (secondary N) is 2. The van der Waals surface area contributed by atoms with Crippen LogP contribution in [0.5, 0.6) is 11.5 Å². The van der Waals surface area contributed by atoms with Crippen LogP contribution in [0.1, 0.15) is 56.7 Å². The normalized spacial score (nSPS) is 16.5. The Kier molecular flexibility index (Phi) is 8.34. The lowest BCUT2D eigenvalue weighted by Gasteiger charge is -2.30. The van der Waals surface area contributed by atoms with Crippen LogP contribution >= 0.6 is 0 Å². The predicted molar refractivity (Wildman–Crippen MR) is 173 cm³/mol. The minimum absolute atomic E-state index is 0.0206. The largest absolute Gasteiger partial charge is 0.486 e. The van der Waals surface area contributed by atoms with E-state index in [2.05, 4.69) is 51.1 Å². The van der Waals surface area contributed by atoms with Crippen molar-refractivity contribution >= 4 is 11.5 Å². The lowest BCUT2D eigenvalue weighted by molar-refractivity contribution is 0.0755. The topological polar surface area (TPSA) is 116 Å². The summed E-state index contributed by atoms with van der Waals surface area (Å²) in [5.74, 6) is 3.80. The Hall–Kier alpha value is -4.51. The molecule has 4 heterocycles. The van der Waals surface area contributed by atoms with Gasteiger partial charge in [-0.15, -0.1) is 20.4 Å². The quantitative estimate of drug-likeness (QED) is 0.175. The van der Waals surface area contributed by atoms with Crippen molar-refractivity contribution in [2.45, 2.75) is 64.5 Å². The van der Waals surface area contributed by atoms with E-state index in [-0.39, 0.29) is 11.5 Å². The van der Waals surface area contributed by atoms with Crippen LogP contribution < -0.4 is 20.1 Å². The van der Waals surface area contributed by atoms with Crippen LogP contribution in [0.4, 0.5) is 5.82 Å². The molecule has 11 heteroatoms. The summed E-state index contributed by atoms with van der Waals surface area (Å²) in [6.45, 7) is 8.26. The number of fused-ring (bicyclic) bond motifs is 2. The molecular weight excluding hydrogens is 566 g/mol. The first-order valence-electron chi connectivity index (χ1n) is 16.0. The molecule has 2 aliphatic rings. The molecule has 45 heavy (non-hydrogen) atoms. The van der Waals surface area contributed by atoms with Gasteiger partial charge in [0.25, 0.3) is 0 Å². The maximum atomic E-state index is 6.06. The number of nitrogens with zero attached hydrogens (tertiary/aromatic N) is 7. The van der Waals surface area contributed by atoms with Crippen molar-refractivity contribution in [2.75, 3.05) is 31.6 Å². The highest BCUT2D eigenvalue weighted by Gasteiger charge is 2.27. The number of ether oxygens (including phenoxy) is 2. The van der Waals surface area contributed by atoms with Gasteiger partial charge in [-0.25, -0.2) is 4.68 Å². The highest BCUT2D eigenvalue weighted by Crippen LogP contribution is 2.40. The number of hydrogen-bond donors (Lipinski definition) is 2. The number of aryl methyl sites for hydroxylation is 1. The van der Waals surface area contributed by atoms with Gasteiger partial charge in [-0.1, -0.05) is 67.9 Å². The zero-order valence-electron chi connectivity index (χ0n) is 26.0. The molecule has 11 nitrogen and oxygen atoms in total. The lowest BCUT2D eigenvalue weighted by atomic mass is 9.80. The van der Waals surface area contributed by atoms with Gasteiger partial charge in [0.15, 0.2) is 34.9 Å². The van der Waals surface area contributed by atoms with Gasteiger partial charge >= 0.3 is 0 Å². The molecule has 0 bridgehead atoms. The van der Waals surface area contributed by atoms with Crippen molar-refractivity contribution < 1.29 is 9.47 Å². The van der Waals surface area contributed by atoms with E-state index < -0.39 is 0 Å². The molecule has 1 fully saturated rings. The third kappa shape index (κ3) is 6.78. The number of aromatic nitrogens is 7. The lowest BCUT2D eigenvalue weighted by Crippen LogP contribution is -2.36. The number of hydrogen-bond acceptors (Lipinski definition) is 9. The molecular formula is C34H41N9O2. The van der Waals surface area contributed by atoms with E-state index in [1.165, 1.54) is 24.8 Å². The molecule has 234 valence electrons. The van der Waals surface area contributed by atoms with Gasteiger partial charge in [0.2, 0.25) is 0 Å². The molecule has 3 aromatic heterocycles. The summed E-state index contributed by atoms with van der Waals surface area (Å²) in [5, 5.41) is 30.0. The van der Waals surface area contributed by atoms with Crippen molar-refractivity contribution in [1.29, 1.82) is 0 Å². The monoisotopic (exact) mass is 607 g/mol. The average Bonchev–Trinajstić information content (AvgIpc) is 3.65. The Morgan fingerprint density at radius 2 is 1.78 bits per heavy atom. The third-order valence-electron chi connectivity index (χ3n) is 8.67. The summed E-state index contributed by atoms with van der Waals surface area (Å²) in [5.41, 5.74) is 4.07. The summed E-state index contributed by atoms with van der Waals surface area (Å²) in [7, 11) is 0. The molecule has 0 amide bonds. The Morgan fingerprint density at radius 3 is 2.60 bits per heavy atom. The van der Waals surface area contributed by atoms with Gasteiger partial charge in [0.1, 0.15) is 6.61 Å². The minimum Gasteiger partial charge on any atom is -0.486 e. The predicted octanol–water partition coefficient (Wildman–Crippen LogP) is 5.15. The van der Waals surface area contributed by atoms with E-state index in [1.54, 1.807) is 0 Å². The average molecular weight is 608 g/mol. The smallest absolute Gasteiger partial charge is 0.185 e. The number of anilines is 1. The molecule has 5 aromatic rings. The maximum absolute atomic E-state index is 6.06. The van der Waals surface area contributed by atoms with Gasteiger partial charge in [-0.05, 0) is 61.8 Å². The van der Waals surface area contributed by atoms with Crippen LogP contribution in [0, 0.1) is 5.41 Å². The molecule has 1 aliphatic heterocycles. The molecule has 2 N–H and O–H groups in total. The van der Waals surface area contributed by atoms with Crippen molar-refractivity contribution in [2.24, 2.45) is 5.41 Å². The van der Waals surface area contributed by atoms with Gasteiger partial charge < -0.3 is 20.1 Å². The summed E-state index contributed by atoms with van der Waals surface area (Å²) in [6, 6.07) is 20.1. The van der Waals surface area contributed by atoms with Gasteiger partial charge in [0.05, 0.1) is 12.2 Å². The van der Waals surface area contributed by atoms with Crippen LogP contribution in [0.2, 0.25) is 0 Å². The highest BCUT2D eigenvalue weighted by atomic mass is 16.6. The van der Waals surface area contributed by atoms with Crippen molar-refractivity contribution in [3.05, 3.63) is 78.1 Å². The molecule has 1 atom stereocenters. The van der Waals surface area contributed by atoms with Crippen LogP contribution in [-0.4, -0.2) is 67.2 Å². The molecule has 1 aliphatic carbocycles. The fourth-order valence-corrected chi connectivity index (χ4v) is 5.89. The van der Waals surface area contributed by atoms with Crippen LogP contribution in [0.25, 0.3) is 17.0 Å². The van der Waals surface area contributed by atoms with Gasteiger partial charge in [-0.2, -0.15) is 4.52 Å². The second kappa shape index (κ2) is 12.8. The summed E-state index contributed by atoms with van der Waals surface area (Å²) < 4.78 is 15.6. The van der Waals surface area contributed by atoms with E-state index in [9.17, 15) is 0 Å². The first-order chi connectivity index (χ1) is 22.0. The van der Waals surface area contributed by atoms with Crippen LogP contribution in [0.15, 0.2) is 66.9 Å². The molecule has 7 rings (SSSR count). The fraction of sp³-hybridized carbons (Fsp3) is 0.441. The Bertz CT molecular complexity index is 1730. The Labute approximate surface area is 263 Å². The molecule has 1 unspecified atom stereocenters. The minimum atomic E-state index is -0.0867. The summed E-state index contributed by atoms with van der Waals surface area (Å²) >= 11 is 0. The van der Waals surface area contributed by atoms with Crippen molar-refractivity contribution in [1.82, 2.24) is 40.1 Å². The second-order valence-electron chi connectivity index (χ2n) is 13.0. The van der Waals surface area contributed by atoms with E-state index in [4.69, 9.17) is 14.6 Å². The maximum Gasteiger partial charge on any atom is 0.185 e. The van der Waals surface area contributed by atoms with Crippen molar-refractivity contribution in [3.63, 3.8) is 0 Å². The zero-order valence-corrected chi connectivity index (χ0v) is 26.0. The zero-order chi connectivity index (χ0) is 30.6. The van der Waals surface area contributed by atoms with Crippen LogP contribution in [0.3, 0.4) is 0 Å². The standard InChI is InChI=1S/C34H41N9O2/c1-34(2,22-35-17-9-14-26-19-42(41-37-26)20-27-21-44-29-15-6-7-16-30(29)45-27)23-36-32-28(24-12-8-13-24)18-31-38-39-33(43(31)40-32)25-10-4-3-5-11-25/h3-7,10-11,15-16,18-19,24,27,35H,8-9,12-14,17,20-23H2,1-2H3,(H,36,40). The Balaban J connectivity index is 0.895. The van der Waals surface area contributed by atoms with E-state index >= 15 is 0 Å². The summed E-state index contributed by atoms with van der Waals surface area (Å²) in [4.78, 5) is 0. The Morgan fingerprint density at radius 1 is 0.956 bits per heavy atom.